The van der Waals surface area contributed by atoms with Crippen molar-refractivity contribution in [1.29, 1.82) is 0 Å². The fourth-order valence-electron chi connectivity index (χ4n) is 4.49. The van der Waals surface area contributed by atoms with Gasteiger partial charge in [0.25, 0.3) is 0 Å². The van der Waals surface area contributed by atoms with Crippen LogP contribution in [0.3, 0.4) is 0 Å². The summed E-state index contributed by atoms with van der Waals surface area (Å²) in [6.45, 7) is 6.12. The highest BCUT2D eigenvalue weighted by molar-refractivity contribution is 5.98. The number of rotatable bonds is 6. The molecule has 1 N–H and O–H groups in total. The van der Waals surface area contributed by atoms with Crippen molar-refractivity contribution in [3.8, 4) is 11.5 Å². The molecule has 6 nitrogen and oxygen atoms in total. The van der Waals surface area contributed by atoms with Crippen LogP contribution in [0.15, 0.2) is 11.6 Å². The van der Waals surface area contributed by atoms with Crippen LogP contribution in [0.2, 0.25) is 0 Å². The molecule has 0 bridgehead atoms. The van der Waals surface area contributed by atoms with E-state index in [0.717, 1.165) is 36.8 Å². The smallest absolute Gasteiger partial charge is 0.342 e. The van der Waals surface area contributed by atoms with Gasteiger partial charge < -0.3 is 19.3 Å². The Morgan fingerprint density at radius 3 is 2.61 bits per heavy atom. The highest BCUT2D eigenvalue weighted by Crippen LogP contribution is 2.46. The molecule has 0 saturated heterocycles. The van der Waals surface area contributed by atoms with E-state index in [1.807, 2.05) is 26.8 Å². The maximum Gasteiger partial charge on any atom is 0.342 e. The minimum atomic E-state index is -0.594. The summed E-state index contributed by atoms with van der Waals surface area (Å²) in [4.78, 5) is 24.7. The molecular formula is C22H28O6. The first-order valence-electron chi connectivity index (χ1n) is 9.80. The predicted octanol–water partition coefficient (Wildman–Crippen LogP) is 3.99. The van der Waals surface area contributed by atoms with E-state index in [2.05, 4.69) is 0 Å². The number of fused-ring (bicyclic) bond motifs is 1. The molecule has 1 aromatic carbocycles. The minimum absolute atomic E-state index is 0.0967. The molecule has 0 radical (unpaired) electrons. The van der Waals surface area contributed by atoms with Crippen molar-refractivity contribution in [3.63, 3.8) is 0 Å². The molecule has 1 aromatic rings. The van der Waals surface area contributed by atoms with Crippen molar-refractivity contribution in [1.82, 2.24) is 0 Å². The molecule has 1 saturated carbocycles. The molecule has 1 aliphatic heterocycles. The van der Waals surface area contributed by atoms with E-state index < -0.39 is 11.4 Å². The zero-order valence-corrected chi connectivity index (χ0v) is 17.0. The van der Waals surface area contributed by atoms with Crippen molar-refractivity contribution >= 4 is 11.9 Å². The third-order valence-electron chi connectivity index (χ3n) is 6.14. The number of esters is 2. The number of phenols is 1. The number of ether oxygens (including phenoxy) is 3. The summed E-state index contributed by atoms with van der Waals surface area (Å²) < 4.78 is 16.0. The van der Waals surface area contributed by atoms with Gasteiger partial charge in [0.05, 0.1) is 19.1 Å². The number of hydrogen-bond donors (Lipinski definition) is 1. The lowest BCUT2D eigenvalue weighted by atomic mass is 9.78. The van der Waals surface area contributed by atoms with Crippen LogP contribution in [0.25, 0.3) is 0 Å². The van der Waals surface area contributed by atoms with Gasteiger partial charge in [0.15, 0.2) is 0 Å². The van der Waals surface area contributed by atoms with Gasteiger partial charge in [0.1, 0.15) is 23.7 Å². The highest BCUT2D eigenvalue weighted by atomic mass is 16.5. The zero-order valence-electron chi connectivity index (χ0n) is 17.0. The van der Waals surface area contributed by atoms with Crippen molar-refractivity contribution < 1.29 is 28.9 Å². The van der Waals surface area contributed by atoms with Crippen LogP contribution >= 0.6 is 0 Å². The van der Waals surface area contributed by atoms with Crippen LogP contribution < -0.4 is 4.74 Å². The number of hydrogen-bond acceptors (Lipinski definition) is 6. The predicted molar refractivity (Wildman–Crippen MR) is 104 cm³/mol. The molecular weight excluding hydrogens is 360 g/mol. The minimum Gasteiger partial charge on any atom is -0.507 e. The van der Waals surface area contributed by atoms with Gasteiger partial charge in [-0.1, -0.05) is 24.5 Å². The largest absolute Gasteiger partial charge is 0.507 e. The molecule has 152 valence electrons. The third-order valence-corrected chi connectivity index (χ3v) is 6.14. The fraction of sp³-hybridized carbons (Fsp3) is 0.545. The molecule has 1 heterocycles. The second-order valence-corrected chi connectivity index (χ2v) is 7.52. The Balaban J connectivity index is 2.00. The lowest BCUT2D eigenvalue weighted by molar-refractivity contribution is -0.152. The lowest BCUT2D eigenvalue weighted by Gasteiger charge is -2.28. The van der Waals surface area contributed by atoms with E-state index in [-0.39, 0.29) is 23.9 Å². The van der Waals surface area contributed by atoms with Crippen LogP contribution in [-0.2, 0) is 27.3 Å². The summed E-state index contributed by atoms with van der Waals surface area (Å²) in [5, 5.41) is 10.8. The summed E-state index contributed by atoms with van der Waals surface area (Å²) in [5.41, 5.74) is 2.56. The number of cyclic esters (lactones) is 1. The quantitative estimate of drug-likeness (QED) is 0.586. The number of aromatic hydroxyl groups is 1. The number of phenolic OH excluding ortho intramolecular Hbond substituents is 1. The van der Waals surface area contributed by atoms with E-state index in [4.69, 9.17) is 14.2 Å². The fourth-order valence-corrected chi connectivity index (χ4v) is 4.49. The molecule has 1 fully saturated rings. The van der Waals surface area contributed by atoms with Crippen LogP contribution in [-0.4, -0.2) is 30.8 Å². The highest BCUT2D eigenvalue weighted by Gasteiger charge is 2.44. The van der Waals surface area contributed by atoms with Crippen LogP contribution in [0, 0.1) is 12.3 Å². The van der Waals surface area contributed by atoms with E-state index in [9.17, 15) is 14.7 Å². The topological polar surface area (TPSA) is 82.1 Å². The zero-order chi connectivity index (χ0) is 20.5. The van der Waals surface area contributed by atoms with Gasteiger partial charge in [-0.2, -0.15) is 0 Å². The number of allylic oxidation sites excluding steroid dienone is 1. The van der Waals surface area contributed by atoms with Gasteiger partial charge in [-0.25, -0.2) is 4.79 Å². The average molecular weight is 388 g/mol. The maximum absolute atomic E-state index is 12.7. The van der Waals surface area contributed by atoms with Gasteiger partial charge in [-0.15, -0.1) is 0 Å². The van der Waals surface area contributed by atoms with Gasteiger partial charge in [0, 0.05) is 11.1 Å². The summed E-state index contributed by atoms with van der Waals surface area (Å²) in [7, 11) is 1.54. The first kappa shape index (κ1) is 20.2. The van der Waals surface area contributed by atoms with Crippen LogP contribution in [0.5, 0.6) is 11.5 Å². The Labute approximate surface area is 165 Å². The molecule has 6 heteroatoms. The van der Waals surface area contributed by atoms with E-state index in [1.54, 1.807) is 7.11 Å². The molecule has 3 rings (SSSR count). The Hall–Kier alpha value is -2.50. The Morgan fingerprint density at radius 1 is 1.32 bits per heavy atom. The molecule has 28 heavy (non-hydrogen) atoms. The molecule has 1 aliphatic carbocycles. The van der Waals surface area contributed by atoms with Crippen LogP contribution in [0.1, 0.15) is 66.6 Å². The van der Waals surface area contributed by atoms with Crippen molar-refractivity contribution in [2.24, 2.45) is 5.41 Å². The number of benzene rings is 1. The monoisotopic (exact) mass is 388 g/mol. The van der Waals surface area contributed by atoms with Crippen molar-refractivity contribution in [2.75, 3.05) is 13.7 Å². The number of methoxy groups -OCH3 is 1. The van der Waals surface area contributed by atoms with Gasteiger partial charge in [-0.05, 0) is 45.6 Å². The first-order valence-corrected chi connectivity index (χ1v) is 9.80. The molecule has 0 atom stereocenters. The summed E-state index contributed by atoms with van der Waals surface area (Å²) in [6.07, 6.45) is 5.82. The average Bonchev–Trinajstić information content (AvgIpc) is 3.31. The maximum atomic E-state index is 12.7. The van der Waals surface area contributed by atoms with Crippen molar-refractivity contribution in [2.45, 2.75) is 59.5 Å². The Morgan fingerprint density at radius 2 is 2.00 bits per heavy atom. The summed E-state index contributed by atoms with van der Waals surface area (Å²) in [5.74, 6) is -0.235. The second-order valence-electron chi connectivity index (χ2n) is 7.52. The molecule has 0 amide bonds. The summed E-state index contributed by atoms with van der Waals surface area (Å²) in [6, 6.07) is 0. The van der Waals surface area contributed by atoms with E-state index in [0.29, 0.717) is 29.9 Å². The Kier molecular flexibility index (Phi) is 5.68. The molecule has 0 spiro atoms. The number of carbonyl (C=O) groups is 2. The van der Waals surface area contributed by atoms with Gasteiger partial charge >= 0.3 is 11.9 Å². The molecule has 0 aromatic heterocycles. The Bertz CT molecular complexity index is 830. The molecule has 2 aliphatic rings. The number of carbonyl (C=O) groups excluding carboxylic acids is 2. The second kappa shape index (κ2) is 7.86. The van der Waals surface area contributed by atoms with E-state index in [1.165, 1.54) is 0 Å². The van der Waals surface area contributed by atoms with Gasteiger partial charge in [-0.3, -0.25) is 4.79 Å². The molecule has 0 unspecified atom stereocenters. The lowest BCUT2D eigenvalue weighted by Crippen LogP contribution is -2.31. The summed E-state index contributed by atoms with van der Waals surface area (Å²) >= 11 is 0. The van der Waals surface area contributed by atoms with Crippen molar-refractivity contribution in [3.05, 3.63) is 33.9 Å². The third kappa shape index (κ3) is 3.15. The first-order chi connectivity index (χ1) is 13.4. The van der Waals surface area contributed by atoms with E-state index >= 15 is 0 Å². The van der Waals surface area contributed by atoms with Crippen LogP contribution in [0.4, 0.5) is 0 Å². The van der Waals surface area contributed by atoms with Gasteiger partial charge in [0.2, 0.25) is 0 Å². The normalized spacial score (nSPS) is 18.0. The SMILES string of the molecule is CCOC(=O)C1(C(C)=CCc2c(O)c3c(c(C)c2OC)COC3=O)CCCC1. The standard InChI is InChI=1S/C22H28O6/c1-5-27-21(25)22(10-6-7-11-22)13(2)8-9-15-18(23)17-16(12-28-20(17)24)14(3)19(15)26-4/h8,23H,5-7,9-12H2,1-4H3.